The van der Waals surface area contributed by atoms with Crippen LogP contribution in [0.4, 0.5) is 17.1 Å². The fraction of sp³-hybridized carbons (Fsp3) is 0.333. The summed E-state index contributed by atoms with van der Waals surface area (Å²) in [6.07, 6.45) is 0. The Hall–Kier alpha value is -3.36. The molecule has 8 heteroatoms. The summed E-state index contributed by atoms with van der Waals surface area (Å²) in [4.78, 5) is 17.6. The number of anilines is 3. The van der Waals surface area contributed by atoms with E-state index in [0.29, 0.717) is 18.9 Å². The first-order chi connectivity index (χ1) is 15.8. The summed E-state index contributed by atoms with van der Waals surface area (Å²) in [5.74, 6) is -0.215. The molecule has 166 valence electrons. The van der Waals surface area contributed by atoms with Crippen LogP contribution in [0.5, 0.6) is 0 Å². The molecule has 0 aliphatic carbocycles. The Balaban J connectivity index is 1.39. The van der Waals surface area contributed by atoms with Crippen LogP contribution < -0.4 is 15.1 Å². The average Bonchev–Trinajstić information content (AvgIpc) is 3.37. The second kappa shape index (κ2) is 9.42. The van der Waals surface area contributed by atoms with Crippen molar-refractivity contribution >= 4 is 23.0 Å². The van der Waals surface area contributed by atoms with Gasteiger partial charge in [-0.05, 0) is 24.3 Å². The van der Waals surface area contributed by atoms with Gasteiger partial charge in [0.1, 0.15) is 5.69 Å². The molecule has 2 fully saturated rings. The van der Waals surface area contributed by atoms with Gasteiger partial charge in [0.05, 0.1) is 43.5 Å². The van der Waals surface area contributed by atoms with Crippen molar-refractivity contribution in [2.45, 2.75) is 0 Å². The van der Waals surface area contributed by atoms with E-state index in [1.807, 2.05) is 36.4 Å². The highest BCUT2D eigenvalue weighted by atomic mass is 16.5. The van der Waals surface area contributed by atoms with Crippen LogP contribution in [0, 0.1) is 0 Å². The summed E-state index contributed by atoms with van der Waals surface area (Å²) in [6, 6.07) is 17.8. The lowest BCUT2D eigenvalue weighted by molar-refractivity contribution is 0.102. The van der Waals surface area contributed by atoms with Gasteiger partial charge < -0.3 is 24.6 Å². The molecule has 0 spiro atoms. The van der Waals surface area contributed by atoms with Gasteiger partial charge >= 0.3 is 0 Å². The summed E-state index contributed by atoms with van der Waals surface area (Å²) < 4.78 is 11.0. The molecule has 2 saturated heterocycles. The van der Waals surface area contributed by atoms with Crippen LogP contribution in [-0.2, 0) is 9.47 Å². The van der Waals surface area contributed by atoms with Crippen molar-refractivity contribution in [3.8, 4) is 11.3 Å². The van der Waals surface area contributed by atoms with Crippen molar-refractivity contribution in [1.29, 1.82) is 0 Å². The SMILES string of the molecule is O=C(Nc1ccc(N2CCOCC2)cc1N1CCOCC1)c1cc(-c2ccccc2)n[nH]1. The molecule has 0 saturated carbocycles. The lowest BCUT2D eigenvalue weighted by atomic mass is 10.1. The molecule has 2 aromatic carbocycles. The number of aromatic nitrogens is 2. The van der Waals surface area contributed by atoms with E-state index in [1.54, 1.807) is 6.07 Å². The monoisotopic (exact) mass is 433 g/mol. The second-order valence-electron chi connectivity index (χ2n) is 7.89. The highest BCUT2D eigenvalue weighted by molar-refractivity contribution is 6.05. The minimum absolute atomic E-state index is 0.215. The predicted octanol–water partition coefficient (Wildman–Crippen LogP) is 3.00. The number of nitrogens with zero attached hydrogens (tertiary/aromatic N) is 3. The summed E-state index contributed by atoms with van der Waals surface area (Å²) in [5.41, 5.74) is 5.06. The van der Waals surface area contributed by atoms with Crippen molar-refractivity contribution in [3.05, 3.63) is 60.3 Å². The number of hydrogen-bond acceptors (Lipinski definition) is 6. The third-order valence-corrected chi connectivity index (χ3v) is 5.85. The van der Waals surface area contributed by atoms with Gasteiger partial charge in [-0.25, -0.2) is 0 Å². The third kappa shape index (κ3) is 4.46. The number of morpholine rings is 2. The standard InChI is InChI=1S/C24H27N5O3/c30-24(22-17-21(26-27-22)18-4-2-1-3-5-18)25-20-7-6-19(28-8-12-31-13-9-28)16-23(20)29-10-14-32-15-11-29/h1-7,16-17H,8-15H2,(H,25,30)(H,26,27). The quantitative estimate of drug-likeness (QED) is 0.644. The van der Waals surface area contributed by atoms with E-state index in [0.717, 1.165) is 67.7 Å². The van der Waals surface area contributed by atoms with Crippen molar-refractivity contribution in [1.82, 2.24) is 10.2 Å². The van der Waals surface area contributed by atoms with Crippen LogP contribution in [0.1, 0.15) is 10.5 Å². The molecular weight excluding hydrogens is 406 g/mol. The Bertz CT molecular complexity index is 1060. The molecule has 2 N–H and O–H groups in total. The van der Waals surface area contributed by atoms with E-state index in [4.69, 9.17) is 9.47 Å². The normalized spacial score (nSPS) is 16.8. The van der Waals surface area contributed by atoms with E-state index in [1.165, 1.54) is 0 Å². The van der Waals surface area contributed by atoms with Gasteiger partial charge in [-0.15, -0.1) is 0 Å². The Morgan fingerprint density at radius 1 is 0.875 bits per heavy atom. The van der Waals surface area contributed by atoms with Crippen LogP contribution in [-0.4, -0.2) is 68.7 Å². The first kappa shape index (κ1) is 20.5. The minimum Gasteiger partial charge on any atom is -0.378 e. The van der Waals surface area contributed by atoms with E-state index in [9.17, 15) is 4.79 Å². The Morgan fingerprint density at radius 2 is 1.56 bits per heavy atom. The fourth-order valence-electron chi connectivity index (χ4n) is 4.09. The lowest BCUT2D eigenvalue weighted by Crippen LogP contribution is -2.38. The first-order valence-electron chi connectivity index (χ1n) is 11.0. The van der Waals surface area contributed by atoms with Gasteiger partial charge in [0, 0.05) is 37.4 Å². The number of H-pyrrole nitrogens is 1. The smallest absolute Gasteiger partial charge is 0.273 e. The lowest BCUT2D eigenvalue weighted by Gasteiger charge is -2.33. The zero-order valence-electron chi connectivity index (χ0n) is 17.9. The maximum atomic E-state index is 13.0. The van der Waals surface area contributed by atoms with E-state index in [-0.39, 0.29) is 5.91 Å². The second-order valence-corrected chi connectivity index (χ2v) is 7.89. The molecule has 5 rings (SSSR count). The van der Waals surface area contributed by atoms with Gasteiger partial charge in [-0.3, -0.25) is 9.89 Å². The Morgan fingerprint density at radius 3 is 2.28 bits per heavy atom. The zero-order chi connectivity index (χ0) is 21.8. The van der Waals surface area contributed by atoms with Gasteiger partial charge in [0.15, 0.2) is 0 Å². The summed E-state index contributed by atoms with van der Waals surface area (Å²) in [5, 5.41) is 10.3. The van der Waals surface area contributed by atoms with Crippen molar-refractivity contribution in [2.75, 3.05) is 67.7 Å². The summed E-state index contributed by atoms with van der Waals surface area (Å²) in [7, 11) is 0. The highest BCUT2D eigenvalue weighted by Crippen LogP contribution is 2.32. The third-order valence-electron chi connectivity index (χ3n) is 5.85. The molecule has 32 heavy (non-hydrogen) atoms. The number of carbonyl (C=O) groups is 1. The largest absolute Gasteiger partial charge is 0.378 e. The molecule has 2 aliphatic heterocycles. The molecule has 1 amide bonds. The average molecular weight is 434 g/mol. The molecule has 8 nitrogen and oxygen atoms in total. The first-order valence-corrected chi connectivity index (χ1v) is 11.0. The van der Waals surface area contributed by atoms with Crippen LogP contribution in [0.2, 0.25) is 0 Å². The fourth-order valence-corrected chi connectivity index (χ4v) is 4.09. The topological polar surface area (TPSA) is 82.7 Å². The number of ether oxygens (including phenoxy) is 2. The summed E-state index contributed by atoms with van der Waals surface area (Å²) in [6.45, 7) is 6.13. The van der Waals surface area contributed by atoms with Gasteiger partial charge in [-0.2, -0.15) is 5.10 Å². The molecular formula is C24H27N5O3. The number of aromatic amines is 1. The highest BCUT2D eigenvalue weighted by Gasteiger charge is 2.20. The van der Waals surface area contributed by atoms with E-state index < -0.39 is 0 Å². The zero-order valence-corrected chi connectivity index (χ0v) is 17.9. The van der Waals surface area contributed by atoms with Gasteiger partial charge in [0.25, 0.3) is 5.91 Å². The van der Waals surface area contributed by atoms with Crippen molar-refractivity contribution in [3.63, 3.8) is 0 Å². The van der Waals surface area contributed by atoms with Crippen LogP contribution in [0.25, 0.3) is 11.3 Å². The Labute approximate surface area is 187 Å². The number of amides is 1. The van der Waals surface area contributed by atoms with Crippen LogP contribution in [0.3, 0.4) is 0 Å². The molecule has 0 atom stereocenters. The molecule has 3 heterocycles. The number of carbonyl (C=O) groups excluding carboxylic acids is 1. The van der Waals surface area contributed by atoms with Crippen LogP contribution in [0.15, 0.2) is 54.6 Å². The Kier molecular flexibility index (Phi) is 6.04. The molecule has 1 aromatic heterocycles. The molecule has 0 radical (unpaired) electrons. The minimum atomic E-state index is -0.215. The molecule has 2 aliphatic rings. The van der Waals surface area contributed by atoms with E-state index >= 15 is 0 Å². The van der Waals surface area contributed by atoms with Crippen LogP contribution >= 0.6 is 0 Å². The number of nitrogens with one attached hydrogen (secondary N) is 2. The number of rotatable bonds is 5. The van der Waals surface area contributed by atoms with Crippen molar-refractivity contribution < 1.29 is 14.3 Å². The number of benzene rings is 2. The maximum Gasteiger partial charge on any atom is 0.273 e. The van der Waals surface area contributed by atoms with Crippen molar-refractivity contribution in [2.24, 2.45) is 0 Å². The molecule has 0 unspecified atom stereocenters. The van der Waals surface area contributed by atoms with Gasteiger partial charge in [-0.1, -0.05) is 30.3 Å². The molecule has 0 bridgehead atoms. The predicted molar refractivity (Wildman–Crippen MR) is 124 cm³/mol. The van der Waals surface area contributed by atoms with E-state index in [2.05, 4.69) is 37.4 Å². The number of hydrogen-bond donors (Lipinski definition) is 2. The molecule has 3 aromatic rings. The maximum absolute atomic E-state index is 13.0. The summed E-state index contributed by atoms with van der Waals surface area (Å²) >= 11 is 0. The van der Waals surface area contributed by atoms with Gasteiger partial charge in [0.2, 0.25) is 0 Å².